The SMILES string of the molecule is CC(NC(=O)[C@@H]1CCCCN1)C1CCN(Cc2ccccc2)C1. The van der Waals surface area contributed by atoms with E-state index in [1.807, 2.05) is 0 Å². The van der Waals surface area contributed by atoms with Gasteiger partial charge in [-0.15, -0.1) is 0 Å². The Morgan fingerprint density at radius 2 is 2.13 bits per heavy atom. The number of likely N-dealkylation sites (tertiary alicyclic amines) is 1. The minimum absolute atomic E-state index is 0.0213. The molecule has 1 aromatic rings. The van der Waals surface area contributed by atoms with E-state index in [1.54, 1.807) is 0 Å². The van der Waals surface area contributed by atoms with Gasteiger partial charge in [-0.05, 0) is 50.8 Å². The van der Waals surface area contributed by atoms with Crippen LogP contribution in [0.15, 0.2) is 30.3 Å². The van der Waals surface area contributed by atoms with Crippen LogP contribution < -0.4 is 10.6 Å². The van der Waals surface area contributed by atoms with E-state index < -0.39 is 0 Å². The van der Waals surface area contributed by atoms with E-state index in [4.69, 9.17) is 0 Å². The highest BCUT2D eigenvalue weighted by Gasteiger charge is 2.29. The van der Waals surface area contributed by atoms with Gasteiger partial charge in [0.05, 0.1) is 6.04 Å². The van der Waals surface area contributed by atoms with Crippen molar-refractivity contribution in [2.75, 3.05) is 19.6 Å². The highest BCUT2D eigenvalue weighted by atomic mass is 16.2. The number of carbonyl (C=O) groups is 1. The van der Waals surface area contributed by atoms with Gasteiger partial charge in [-0.2, -0.15) is 0 Å². The molecule has 0 aliphatic carbocycles. The number of nitrogens with one attached hydrogen (secondary N) is 2. The monoisotopic (exact) mass is 315 g/mol. The van der Waals surface area contributed by atoms with Crippen molar-refractivity contribution in [3.05, 3.63) is 35.9 Å². The van der Waals surface area contributed by atoms with Gasteiger partial charge in [-0.1, -0.05) is 36.8 Å². The average molecular weight is 315 g/mol. The molecule has 0 spiro atoms. The largest absolute Gasteiger partial charge is 0.352 e. The van der Waals surface area contributed by atoms with Crippen molar-refractivity contribution < 1.29 is 4.79 Å². The molecule has 0 saturated carbocycles. The van der Waals surface area contributed by atoms with Crippen molar-refractivity contribution in [2.45, 2.75) is 51.2 Å². The van der Waals surface area contributed by atoms with Gasteiger partial charge < -0.3 is 10.6 Å². The number of benzene rings is 1. The molecular weight excluding hydrogens is 286 g/mol. The second-order valence-corrected chi connectivity index (χ2v) is 7.07. The highest BCUT2D eigenvalue weighted by molar-refractivity contribution is 5.82. The second-order valence-electron chi connectivity index (χ2n) is 7.07. The quantitative estimate of drug-likeness (QED) is 0.875. The lowest BCUT2D eigenvalue weighted by Gasteiger charge is -2.27. The summed E-state index contributed by atoms with van der Waals surface area (Å²) in [5.74, 6) is 0.755. The molecule has 2 aliphatic rings. The van der Waals surface area contributed by atoms with Crippen LogP contribution >= 0.6 is 0 Å². The van der Waals surface area contributed by atoms with Gasteiger partial charge in [0, 0.05) is 19.1 Å². The van der Waals surface area contributed by atoms with Crippen molar-refractivity contribution in [2.24, 2.45) is 5.92 Å². The van der Waals surface area contributed by atoms with E-state index in [-0.39, 0.29) is 18.0 Å². The molecule has 0 radical (unpaired) electrons. The van der Waals surface area contributed by atoms with Gasteiger partial charge in [-0.25, -0.2) is 0 Å². The van der Waals surface area contributed by atoms with Crippen LogP contribution in [0.1, 0.15) is 38.2 Å². The summed E-state index contributed by atoms with van der Waals surface area (Å²) < 4.78 is 0. The lowest BCUT2D eigenvalue weighted by Crippen LogP contribution is -2.50. The third kappa shape index (κ3) is 4.55. The zero-order valence-corrected chi connectivity index (χ0v) is 14.1. The fraction of sp³-hybridized carbons (Fsp3) is 0.632. The molecule has 1 aromatic carbocycles. The Kier molecular flexibility index (Phi) is 5.68. The molecular formula is C19H29N3O. The molecule has 2 unspecified atom stereocenters. The molecule has 2 saturated heterocycles. The van der Waals surface area contributed by atoms with Gasteiger partial charge in [0.25, 0.3) is 0 Å². The number of hydrogen-bond donors (Lipinski definition) is 2. The van der Waals surface area contributed by atoms with E-state index in [1.165, 1.54) is 18.4 Å². The lowest BCUT2D eigenvalue weighted by molar-refractivity contribution is -0.124. The highest BCUT2D eigenvalue weighted by Crippen LogP contribution is 2.22. The maximum absolute atomic E-state index is 12.4. The topological polar surface area (TPSA) is 44.4 Å². The van der Waals surface area contributed by atoms with Crippen LogP contribution in [-0.2, 0) is 11.3 Å². The number of amides is 1. The number of carbonyl (C=O) groups excluding carboxylic acids is 1. The van der Waals surface area contributed by atoms with Crippen molar-refractivity contribution >= 4 is 5.91 Å². The lowest BCUT2D eigenvalue weighted by atomic mass is 9.99. The zero-order valence-electron chi connectivity index (χ0n) is 14.1. The summed E-state index contributed by atoms with van der Waals surface area (Å²) in [5.41, 5.74) is 1.37. The first-order valence-corrected chi connectivity index (χ1v) is 9.02. The van der Waals surface area contributed by atoms with Crippen LogP contribution in [0.3, 0.4) is 0 Å². The Balaban J connectivity index is 1.45. The van der Waals surface area contributed by atoms with Crippen LogP contribution in [0.5, 0.6) is 0 Å². The summed E-state index contributed by atoms with van der Waals surface area (Å²) in [4.78, 5) is 14.9. The normalized spacial score (nSPS) is 26.8. The van der Waals surface area contributed by atoms with Crippen LogP contribution in [0, 0.1) is 5.92 Å². The van der Waals surface area contributed by atoms with Gasteiger partial charge in [0.1, 0.15) is 0 Å². The van der Waals surface area contributed by atoms with E-state index in [2.05, 4.69) is 52.8 Å². The average Bonchev–Trinajstić information content (AvgIpc) is 3.05. The zero-order chi connectivity index (χ0) is 16.1. The molecule has 2 fully saturated rings. The van der Waals surface area contributed by atoms with Gasteiger partial charge in [-0.3, -0.25) is 9.69 Å². The van der Waals surface area contributed by atoms with E-state index in [0.29, 0.717) is 5.92 Å². The molecule has 1 amide bonds. The smallest absolute Gasteiger partial charge is 0.237 e. The second kappa shape index (κ2) is 7.93. The van der Waals surface area contributed by atoms with Gasteiger partial charge >= 0.3 is 0 Å². The predicted molar refractivity (Wildman–Crippen MR) is 93.1 cm³/mol. The Bertz CT molecular complexity index is 499. The molecule has 0 bridgehead atoms. The number of hydrogen-bond acceptors (Lipinski definition) is 3. The molecule has 0 aromatic heterocycles. The van der Waals surface area contributed by atoms with Crippen molar-refractivity contribution in [1.82, 2.24) is 15.5 Å². The summed E-state index contributed by atoms with van der Waals surface area (Å²) in [6.45, 7) is 6.36. The molecule has 3 rings (SSSR count). The van der Waals surface area contributed by atoms with E-state index in [9.17, 15) is 4.79 Å². The first-order valence-electron chi connectivity index (χ1n) is 9.02. The minimum atomic E-state index is 0.0213. The maximum atomic E-state index is 12.4. The number of piperidine rings is 1. The first-order chi connectivity index (χ1) is 11.2. The Hall–Kier alpha value is -1.39. The fourth-order valence-electron chi connectivity index (χ4n) is 3.77. The predicted octanol–water partition coefficient (Wildman–Crippen LogP) is 2.16. The molecule has 4 heteroatoms. The van der Waals surface area contributed by atoms with Crippen LogP contribution in [0.2, 0.25) is 0 Å². The Labute approximate surface area is 139 Å². The summed E-state index contributed by atoms with van der Waals surface area (Å²) in [5, 5.41) is 6.58. The fourth-order valence-corrected chi connectivity index (χ4v) is 3.77. The van der Waals surface area contributed by atoms with E-state index >= 15 is 0 Å². The van der Waals surface area contributed by atoms with Crippen molar-refractivity contribution in [3.63, 3.8) is 0 Å². The minimum Gasteiger partial charge on any atom is -0.352 e. The van der Waals surface area contributed by atoms with Crippen molar-refractivity contribution in [3.8, 4) is 0 Å². The molecule has 3 atom stereocenters. The van der Waals surface area contributed by atoms with Gasteiger partial charge in [0.15, 0.2) is 0 Å². The Morgan fingerprint density at radius 1 is 1.30 bits per heavy atom. The molecule has 4 nitrogen and oxygen atoms in total. The van der Waals surface area contributed by atoms with Gasteiger partial charge in [0.2, 0.25) is 5.91 Å². The first kappa shape index (κ1) is 16.5. The summed E-state index contributed by atoms with van der Waals surface area (Å²) >= 11 is 0. The van der Waals surface area contributed by atoms with Crippen LogP contribution in [0.25, 0.3) is 0 Å². The molecule has 2 N–H and O–H groups in total. The van der Waals surface area contributed by atoms with Crippen LogP contribution in [-0.4, -0.2) is 42.5 Å². The third-order valence-electron chi connectivity index (χ3n) is 5.26. The molecule has 2 aliphatic heterocycles. The molecule has 126 valence electrons. The summed E-state index contributed by atoms with van der Waals surface area (Å²) in [7, 11) is 0. The number of rotatable bonds is 5. The van der Waals surface area contributed by atoms with E-state index in [0.717, 1.165) is 39.0 Å². The van der Waals surface area contributed by atoms with Crippen molar-refractivity contribution in [1.29, 1.82) is 0 Å². The number of nitrogens with zero attached hydrogens (tertiary/aromatic N) is 1. The molecule has 2 heterocycles. The molecule has 23 heavy (non-hydrogen) atoms. The standard InChI is InChI=1S/C19H29N3O/c1-15(21-19(23)18-9-5-6-11-20-18)17-10-12-22(14-17)13-16-7-3-2-4-8-16/h2-4,7-8,15,17-18,20H,5-6,9-14H2,1H3,(H,21,23)/t15?,17?,18-/m0/s1. The van der Waals surface area contributed by atoms with Crippen LogP contribution in [0.4, 0.5) is 0 Å². The summed E-state index contributed by atoms with van der Waals surface area (Å²) in [6, 6.07) is 10.9. The third-order valence-corrected chi connectivity index (χ3v) is 5.26. The maximum Gasteiger partial charge on any atom is 0.237 e. The Morgan fingerprint density at radius 3 is 2.87 bits per heavy atom. The summed E-state index contributed by atoms with van der Waals surface area (Å²) in [6.07, 6.45) is 4.50.